The number of benzene rings is 2. The fourth-order valence-corrected chi connectivity index (χ4v) is 3.06. The van der Waals surface area contributed by atoms with E-state index in [0.29, 0.717) is 17.7 Å². The third-order valence-corrected chi connectivity index (χ3v) is 4.40. The molecule has 0 heterocycles. The first-order chi connectivity index (χ1) is 14.0. The summed E-state index contributed by atoms with van der Waals surface area (Å²) in [7, 11) is 0.917. The maximum absolute atomic E-state index is 13.9. The third kappa shape index (κ3) is 4.62. The minimum atomic E-state index is -5.85. The lowest BCUT2D eigenvalue weighted by atomic mass is 9.87. The second-order valence-corrected chi connectivity index (χ2v) is 6.46. The SMILES string of the molecule is C/C=C/c1cc(C(OCOC)(C(F)(F)F)C(F)(F)F)cc(Cc2ccccc2)c1O. The van der Waals surface area contributed by atoms with Gasteiger partial charge in [0.2, 0.25) is 0 Å². The fraction of sp³-hybridized carbons (Fsp3) is 0.333. The van der Waals surface area contributed by atoms with Crippen LogP contribution in [0, 0.1) is 0 Å². The van der Waals surface area contributed by atoms with Gasteiger partial charge in [-0.3, -0.25) is 0 Å². The monoisotopic (exact) mass is 434 g/mol. The van der Waals surface area contributed by atoms with Crippen LogP contribution in [0.15, 0.2) is 48.5 Å². The minimum absolute atomic E-state index is 0.0822. The summed E-state index contributed by atoms with van der Waals surface area (Å²) >= 11 is 0. The number of rotatable bonds is 7. The molecule has 0 saturated carbocycles. The van der Waals surface area contributed by atoms with Gasteiger partial charge in [0, 0.05) is 24.7 Å². The summed E-state index contributed by atoms with van der Waals surface area (Å²) in [5.74, 6) is -0.411. The van der Waals surface area contributed by atoms with Crippen molar-refractivity contribution in [3.8, 4) is 5.75 Å². The number of allylic oxidation sites excluding steroid dienone is 1. The standard InChI is InChI=1S/C21H20F6O3/c1-3-7-15-11-17(12-16(18(15)28)10-14-8-5-4-6-9-14)19(20(22,23)24,21(25,26)27)30-13-29-2/h3-9,11-12,28H,10,13H2,1-2H3/b7-3+. The molecular formula is C21H20F6O3. The predicted octanol–water partition coefficient (Wildman–Crippen LogP) is 5.96. The van der Waals surface area contributed by atoms with E-state index in [0.717, 1.165) is 7.11 Å². The number of aromatic hydroxyl groups is 1. The topological polar surface area (TPSA) is 38.7 Å². The molecule has 0 bridgehead atoms. The first-order valence-corrected chi connectivity index (χ1v) is 8.77. The first-order valence-electron chi connectivity index (χ1n) is 8.77. The highest BCUT2D eigenvalue weighted by molar-refractivity contribution is 5.62. The van der Waals surface area contributed by atoms with E-state index in [-0.39, 0.29) is 17.5 Å². The zero-order chi connectivity index (χ0) is 22.6. The normalized spacial score (nSPS) is 13.2. The van der Waals surface area contributed by atoms with Crippen LogP contribution in [0.2, 0.25) is 0 Å². The van der Waals surface area contributed by atoms with E-state index >= 15 is 0 Å². The molecule has 0 aliphatic carbocycles. The number of hydrogen-bond donors (Lipinski definition) is 1. The highest BCUT2D eigenvalue weighted by Crippen LogP contribution is 2.54. The second-order valence-electron chi connectivity index (χ2n) is 6.46. The zero-order valence-corrected chi connectivity index (χ0v) is 16.1. The van der Waals surface area contributed by atoms with Gasteiger partial charge in [-0.2, -0.15) is 26.3 Å². The van der Waals surface area contributed by atoms with Gasteiger partial charge >= 0.3 is 12.4 Å². The van der Waals surface area contributed by atoms with Crippen molar-refractivity contribution >= 4 is 6.08 Å². The molecule has 0 saturated heterocycles. The molecule has 0 aromatic heterocycles. The van der Waals surface area contributed by atoms with Crippen LogP contribution in [0.1, 0.15) is 29.2 Å². The van der Waals surface area contributed by atoms with Crippen molar-refractivity contribution in [2.75, 3.05) is 13.9 Å². The van der Waals surface area contributed by atoms with E-state index < -0.39 is 36.1 Å². The van der Waals surface area contributed by atoms with Gasteiger partial charge in [0.05, 0.1) is 0 Å². The molecule has 2 rings (SSSR count). The Morgan fingerprint density at radius 3 is 2.07 bits per heavy atom. The van der Waals surface area contributed by atoms with Gasteiger partial charge in [-0.15, -0.1) is 0 Å². The van der Waals surface area contributed by atoms with Crippen LogP contribution in [0.3, 0.4) is 0 Å². The molecule has 2 aromatic rings. The molecule has 164 valence electrons. The van der Waals surface area contributed by atoms with Crippen molar-refractivity contribution < 1.29 is 40.9 Å². The summed E-state index contributed by atoms with van der Waals surface area (Å²) in [5.41, 5.74) is -5.54. The number of alkyl halides is 6. The Balaban J connectivity index is 2.80. The molecule has 9 heteroatoms. The summed E-state index contributed by atoms with van der Waals surface area (Å²) in [6.45, 7) is 0.276. The van der Waals surface area contributed by atoms with Crippen LogP contribution >= 0.6 is 0 Å². The molecule has 0 amide bonds. The number of hydrogen-bond acceptors (Lipinski definition) is 3. The lowest BCUT2D eigenvalue weighted by molar-refractivity contribution is -0.400. The summed E-state index contributed by atoms with van der Waals surface area (Å²) in [4.78, 5) is 0. The van der Waals surface area contributed by atoms with Crippen LogP contribution in [0.25, 0.3) is 6.08 Å². The maximum Gasteiger partial charge on any atom is 0.430 e. The Morgan fingerprint density at radius 2 is 1.57 bits per heavy atom. The Labute approximate surface area is 169 Å². The fourth-order valence-electron chi connectivity index (χ4n) is 3.06. The number of ether oxygens (including phenoxy) is 2. The van der Waals surface area contributed by atoms with Crippen molar-refractivity contribution in [2.24, 2.45) is 0 Å². The summed E-state index contributed by atoms with van der Waals surface area (Å²) in [6.07, 6.45) is -9.16. The zero-order valence-electron chi connectivity index (χ0n) is 16.1. The van der Waals surface area contributed by atoms with Crippen LogP contribution in [0.4, 0.5) is 26.3 Å². The first kappa shape index (κ1) is 23.8. The van der Waals surface area contributed by atoms with E-state index in [1.807, 2.05) is 0 Å². The molecular weight excluding hydrogens is 414 g/mol. The van der Waals surface area contributed by atoms with Gasteiger partial charge in [-0.25, -0.2) is 0 Å². The molecule has 0 unspecified atom stereocenters. The highest BCUT2D eigenvalue weighted by Gasteiger charge is 2.73. The molecule has 2 aromatic carbocycles. The number of halogens is 6. The largest absolute Gasteiger partial charge is 0.507 e. The molecule has 0 fully saturated rings. The molecule has 0 aliphatic heterocycles. The van der Waals surface area contributed by atoms with E-state index in [1.165, 1.54) is 19.1 Å². The van der Waals surface area contributed by atoms with Crippen molar-refractivity contribution in [1.82, 2.24) is 0 Å². The van der Waals surface area contributed by atoms with Gasteiger partial charge in [-0.05, 0) is 30.2 Å². The molecule has 0 radical (unpaired) electrons. The maximum atomic E-state index is 13.9. The smallest absolute Gasteiger partial charge is 0.430 e. The van der Waals surface area contributed by atoms with Crippen molar-refractivity contribution in [3.05, 3.63) is 70.8 Å². The van der Waals surface area contributed by atoms with Gasteiger partial charge < -0.3 is 14.6 Å². The van der Waals surface area contributed by atoms with E-state index in [2.05, 4.69) is 9.47 Å². The average molecular weight is 434 g/mol. The van der Waals surface area contributed by atoms with Gasteiger partial charge in [0.1, 0.15) is 12.5 Å². The summed E-state index contributed by atoms with van der Waals surface area (Å²) in [6, 6.07) is 9.63. The number of phenols is 1. The minimum Gasteiger partial charge on any atom is -0.507 e. The molecule has 0 aliphatic rings. The van der Waals surface area contributed by atoms with Crippen molar-refractivity contribution in [2.45, 2.75) is 31.3 Å². The Morgan fingerprint density at radius 1 is 0.967 bits per heavy atom. The van der Waals surface area contributed by atoms with Gasteiger partial charge in [0.25, 0.3) is 5.60 Å². The number of phenolic OH excluding ortho intramolecular Hbond substituents is 1. The van der Waals surface area contributed by atoms with Gasteiger partial charge in [0.15, 0.2) is 0 Å². The van der Waals surface area contributed by atoms with E-state index in [9.17, 15) is 31.4 Å². The van der Waals surface area contributed by atoms with Crippen LogP contribution in [0.5, 0.6) is 5.75 Å². The third-order valence-electron chi connectivity index (χ3n) is 4.40. The molecule has 0 spiro atoms. The van der Waals surface area contributed by atoms with E-state index in [1.54, 1.807) is 30.3 Å². The lowest BCUT2D eigenvalue weighted by Gasteiger charge is -2.37. The lowest BCUT2D eigenvalue weighted by Crippen LogP contribution is -2.56. The van der Waals surface area contributed by atoms with Crippen molar-refractivity contribution in [1.29, 1.82) is 0 Å². The molecule has 0 atom stereocenters. The van der Waals surface area contributed by atoms with Crippen molar-refractivity contribution in [3.63, 3.8) is 0 Å². The summed E-state index contributed by atoms with van der Waals surface area (Å²) in [5, 5.41) is 10.5. The van der Waals surface area contributed by atoms with Crippen LogP contribution in [-0.2, 0) is 21.5 Å². The Bertz CT molecular complexity index is 859. The highest BCUT2D eigenvalue weighted by atomic mass is 19.4. The average Bonchev–Trinajstić information content (AvgIpc) is 2.64. The Hall–Kier alpha value is -2.52. The summed E-state index contributed by atoms with van der Waals surface area (Å²) < 4.78 is 91.9. The quantitative estimate of drug-likeness (QED) is 0.432. The predicted molar refractivity (Wildman–Crippen MR) is 98.8 cm³/mol. The molecule has 3 nitrogen and oxygen atoms in total. The molecule has 30 heavy (non-hydrogen) atoms. The van der Waals surface area contributed by atoms with Crippen LogP contribution in [-0.4, -0.2) is 31.4 Å². The Kier molecular flexibility index (Phi) is 7.20. The van der Waals surface area contributed by atoms with Crippen LogP contribution < -0.4 is 0 Å². The van der Waals surface area contributed by atoms with Gasteiger partial charge in [-0.1, -0.05) is 42.5 Å². The number of methoxy groups -OCH3 is 1. The molecule has 1 N–H and O–H groups in total. The second kappa shape index (κ2) is 9.09. The van der Waals surface area contributed by atoms with E-state index in [4.69, 9.17) is 0 Å².